The van der Waals surface area contributed by atoms with Crippen LogP contribution in [0.2, 0.25) is 0 Å². The summed E-state index contributed by atoms with van der Waals surface area (Å²) in [6.45, 7) is 9.08. The van der Waals surface area contributed by atoms with Crippen molar-refractivity contribution >= 4 is 0 Å². The summed E-state index contributed by atoms with van der Waals surface area (Å²) >= 11 is 0. The number of methoxy groups -OCH3 is 1. The molecule has 146 valence electrons. The highest BCUT2D eigenvalue weighted by molar-refractivity contribution is 5.43. The third-order valence-electron chi connectivity index (χ3n) is 5.24. The van der Waals surface area contributed by atoms with E-state index in [-0.39, 0.29) is 11.5 Å². The Labute approximate surface area is 160 Å². The molecule has 6 nitrogen and oxygen atoms in total. The number of nitrogens with zero attached hydrogens (tertiary/aromatic N) is 2. The van der Waals surface area contributed by atoms with Gasteiger partial charge in [-0.3, -0.25) is 9.69 Å². The molecule has 6 heteroatoms. The highest BCUT2D eigenvalue weighted by atomic mass is 16.5. The second-order valence-corrected chi connectivity index (χ2v) is 7.15. The standard InChI is InChI=1S/C21H29N3O3/c1-5-27-19-11-16(8-9-18(19)26-4)12-24-10-6-7-17(13-24)20-22-15(3)14(2)21(25)23-20/h8-9,11,17H,5-7,10,12-13H2,1-4H3,(H,22,23,25)/t17-/m1/s1. The Morgan fingerprint density at radius 2 is 2.11 bits per heavy atom. The summed E-state index contributed by atoms with van der Waals surface area (Å²) in [4.78, 5) is 22.1. The lowest BCUT2D eigenvalue weighted by Gasteiger charge is -2.32. The number of aryl methyl sites for hydroxylation is 1. The van der Waals surface area contributed by atoms with E-state index in [9.17, 15) is 4.79 Å². The first-order valence-corrected chi connectivity index (χ1v) is 9.61. The number of hydrogen-bond acceptors (Lipinski definition) is 5. The summed E-state index contributed by atoms with van der Waals surface area (Å²) in [6, 6.07) is 6.10. The average Bonchev–Trinajstić information content (AvgIpc) is 2.66. The fourth-order valence-corrected chi connectivity index (χ4v) is 3.63. The van der Waals surface area contributed by atoms with Gasteiger partial charge in [0.25, 0.3) is 5.56 Å². The Balaban J connectivity index is 1.73. The van der Waals surface area contributed by atoms with Crippen LogP contribution in [0, 0.1) is 13.8 Å². The maximum absolute atomic E-state index is 12.1. The number of aromatic amines is 1. The normalized spacial score (nSPS) is 17.7. The number of benzene rings is 1. The van der Waals surface area contributed by atoms with Gasteiger partial charge in [0.15, 0.2) is 11.5 Å². The minimum atomic E-state index is -0.0221. The molecular formula is C21H29N3O3. The van der Waals surface area contributed by atoms with Gasteiger partial charge in [0, 0.05) is 30.3 Å². The number of H-pyrrole nitrogens is 1. The van der Waals surface area contributed by atoms with E-state index < -0.39 is 0 Å². The molecule has 1 fully saturated rings. The monoisotopic (exact) mass is 371 g/mol. The third-order valence-corrected chi connectivity index (χ3v) is 5.24. The van der Waals surface area contributed by atoms with Crippen LogP contribution in [0.1, 0.15) is 48.3 Å². The van der Waals surface area contributed by atoms with Crippen LogP contribution in [0.3, 0.4) is 0 Å². The van der Waals surface area contributed by atoms with Crippen molar-refractivity contribution in [2.45, 2.75) is 46.1 Å². The molecule has 1 atom stereocenters. The predicted molar refractivity (Wildman–Crippen MR) is 106 cm³/mol. The number of nitrogens with one attached hydrogen (secondary N) is 1. The number of aromatic nitrogens is 2. The molecule has 0 amide bonds. The Morgan fingerprint density at radius 1 is 1.30 bits per heavy atom. The molecule has 1 saturated heterocycles. The van der Waals surface area contributed by atoms with Gasteiger partial charge in [0.2, 0.25) is 0 Å². The molecule has 27 heavy (non-hydrogen) atoms. The van der Waals surface area contributed by atoms with E-state index >= 15 is 0 Å². The van der Waals surface area contributed by atoms with Crippen molar-refractivity contribution in [1.82, 2.24) is 14.9 Å². The smallest absolute Gasteiger partial charge is 0.254 e. The number of piperidine rings is 1. The lowest BCUT2D eigenvalue weighted by Crippen LogP contribution is -2.35. The maximum atomic E-state index is 12.1. The van der Waals surface area contributed by atoms with Crippen molar-refractivity contribution in [2.75, 3.05) is 26.8 Å². The zero-order valence-corrected chi connectivity index (χ0v) is 16.7. The molecule has 0 unspecified atom stereocenters. The maximum Gasteiger partial charge on any atom is 0.254 e. The molecule has 1 aliphatic rings. The molecule has 1 aliphatic heterocycles. The van der Waals surface area contributed by atoms with E-state index in [1.54, 1.807) is 7.11 Å². The van der Waals surface area contributed by atoms with Gasteiger partial charge in [0.05, 0.1) is 13.7 Å². The average molecular weight is 371 g/mol. The summed E-state index contributed by atoms with van der Waals surface area (Å²) in [7, 11) is 1.66. The van der Waals surface area contributed by atoms with Gasteiger partial charge in [-0.25, -0.2) is 4.98 Å². The molecule has 2 heterocycles. The van der Waals surface area contributed by atoms with E-state index in [4.69, 9.17) is 9.47 Å². The molecule has 1 aromatic carbocycles. The highest BCUT2D eigenvalue weighted by Crippen LogP contribution is 2.30. The first-order chi connectivity index (χ1) is 13.0. The van der Waals surface area contributed by atoms with Gasteiger partial charge in [-0.2, -0.15) is 0 Å². The number of ether oxygens (including phenoxy) is 2. The zero-order valence-electron chi connectivity index (χ0n) is 16.7. The van der Waals surface area contributed by atoms with Gasteiger partial charge in [-0.05, 0) is 57.9 Å². The lowest BCUT2D eigenvalue weighted by atomic mass is 9.96. The van der Waals surface area contributed by atoms with Gasteiger partial charge in [-0.1, -0.05) is 6.07 Å². The van der Waals surface area contributed by atoms with Crippen LogP contribution >= 0.6 is 0 Å². The third kappa shape index (κ3) is 4.50. The second kappa shape index (κ2) is 8.57. The van der Waals surface area contributed by atoms with E-state index in [0.717, 1.165) is 55.5 Å². The largest absolute Gasteiger partial charge is 0.493 e. The van der Waals surface area contributed by atoms with Crippen LogP contribution in [0.5, 0.6) is 11.5 Å². The Bertz CT molecular complexity index is 847. The Morgan fingerprint density at radius 3 is 2.81 bits per heavy atom. The SMILES string of the molecule is CCOc1cc(CN2CCC[C@@H](c3nc(C)c(C)c(=O)[nH]3)C2)ccc1OC. The number of hydrogen-bond donors (Lipinski definition) is 1. The molecule has 1 aromatic heterocycles. The lowest BCUT2D eigenvalue weighted by molar-refractivity contribution is 0.196. The van der Waals surface area contributed by atoms with Crippen LogP contribution in [0.4, 0.5) is 0 Å². The molecule has 3 rings (SSSR count). The first-order valence-electron chi connectivity index (χ1n) is 9.61. The van der Waals surface area contributed by atoms with E-state index in [1.807, 2.05) is 26.8 Å². The molecule has 0 spiro atoms. The van der Waals surface area contributed by atoms with E-state index in [0.29, 0.717) is 12.2 Å². The number of likely N-dealkylation sites (tertiary alicyclic amines) is 1. The van der Waals surface area contributed by atoms with Crippen LogP contribution in [-0.2, 0) is 6.54 Å². The Hall–Kier alpha value is -2.34. The van der Waals surface area contributed by atoms with Crippen molar-refractivity contribution in [3.8, 4) is 11.5 Å². The van der Waals surface area contributed by atoms with Crippen molar-refractivity contribution in [1.29, 1.82) is 0 Å². The van der Waals surface area contributed by atoms with Crippen LogP contribution in [0.25, 0.3) is 0 Å². The van der Waals surface area contributed by atoms with Crippen LogP contribution in [-0.4, -0.2) is 41.7 Å². The van der Waals surface area contributed by atoms with Crippen molar-refractivity contribution < 1.29 is 9.47 Å². The van der Waals surface area contributed by atoms with E-state index in [1.165, 1.54) is 5.56 Å². The van der Waals surface area contributed by atoms with Crippen LogP contribution in [0.15, 0.2) is 23.0 Å². The van der Waals surface area contributed by atoms with Gasteiger partial charge < -0.3 is 14.5 Å². The molecule has 1 N–H and O–H groups in total. The van der Waals surface area contributed by atoms with E-state index in [2.05, 4.69) is 27.0 Å². The van der Waals surface area contributed by atoms with Gasteiger partial charge in [-0.15, -0.1) is 0 Å². The first kappa shape index (κ1) is 19.4. The minimum Gasteiger partial charge on any atom is -0.493 e. The van der Waals surface area contributed by atoms with Crippen molar-refractivity contribution in [3.05, 3.63) is 51.2 Å². The predicted octanol–water partition coefficient (Wildman–Crippen LogP) is 3.17. The summed E-state index contributed by atoms with van der Waals surface area (Å²) in [5.74, 6) is 2.62. The molecule has 0 bridgehead atoms. The highest BCUT2D eigenvalue weighted by Gasteiger charge is 2.24. The van der Waals surface area contributed by atoms with Gasteiger partial charge >= 0.3 is 0 Å². The summed E-state index contributed by atoms with van der Waals surface area (Å²) in [5, 5.41) is 0. The van der Waals surface area contributed by atoms with Gasteiger partial charge in [0.1, 0.15) is 5.82 Å². The minimum absolute atomic E-state index is 0.0221. The van der Waals surface area contributed by atoms with Crippen molar-refractivity contribution in [2.24, 2.45) is 0 Å². The molecule has 0 radical (unpaired) electrons. The summed E-state index contributed by atoms with van der Waals surface area (Å²) < 4.78 is 11.1. The zero-order chi connectivity index (χ0) is 19.4. The summed E-state index contributed by atoms with van der Waals surface area (Å²) in [6.07, 6.45) is 2.14. The fraction of sp³-hybridized carbons (Fsp3) is 0.524. The quantitative estimate of drug-likeness (QED) is 0.845. The summed E-state index contributed by atoms with van der Waals surface area (Å²) in [5.41, 5.74) is 2.70. The topological polar surface area (TPSA) is 67.5 Å². The molecule has 2 aromatic rings. The number of rotatable bonds is 6. The van der Waals surface area contributed by atoms with Crippen molar-refractivity contribution in [3.63, 3.8) is 0 Å². The second-order valence-electron chi connectivity index (χ2n) is 7.15. The Kier molecular flexibility index (Phi) is 6.16. The molecule has 0 aliphatic carbocycles. The van der Waals surface area contributed by atoms with Crippen LogP contribution < -0.4 is 15.0 Å². The molecule has 0 saturated carbocycles. The molecular weight excluding hydrogens is 342 g/mol. The fourth-order valence-electron chi connectivity index (χ4n) is 3.63.